The number of amides is 1. The van der Waals surface area contributed by atoms with Gasteiger partial charge in [-0.05, 0) is 32.1 Å². The number of nitrogens with two attached hydrogens (primary N) is 1. The van der Waals surface area contributed by atoms with E-state index in [9.17, 15) is 4.79 Å². The van der Waals surface area contributed by atoms with Gasteiger partial charge in [0.1, 0.15) is 5.84 Å². The first-order valence-corrected chi connectivity index (χ1v) is 7.07. The zero-order valence-corrected chi connectivity index (χ0v) is 11.3. The van der Waals surface area contributed by atoms with Crippen LogP contribution >= 0.6 is 0 Å². The second-order valence-electron chi connectivity index (χ2n) is 5.40. The number of likely N-dealkylation sites (tertiary alicyclic amines) is 1. The summed E-state index contributed by atoms with van der Waals surface area (Å²) in [7, 11) is 0. The molecule has 2 aliphatic heterocycles. The van der Waals surface area contributed by atoms with Gasteiger partial charge in [-0.15, -0.1) is 0 Å². The first-order chi connectivity index (χ1) is 9.20. The standard InChI is InChI=1S/C13H23N3O3/c14-13(15-18)10-4-3-6-16(9-10)12(17)8-11-5-1-2-7-19-11/h10-11,18H,1-9H2,(H2,14,15). The maximum atomic E-state index is 12.2. The molecule has 2 atom stereocenters. The molecule has 0 aromatic heterocycles. The van der Waals surface area contributed by atoms with E-state index >= 15 is 0 Å². The highest BCUT2D eigenvalue weighted by atomic mass is 16.5. The molecule has 2 rings (SSSR count). The van der Waals surface area contributed by atoms with Crippen LogP contribution in [0.3, 0.4) is 0 Å². The van der Waals surface area contributed by atoms with Crippen molar-refractivity contribution in [2.75, 3.05) is 19.7 Å². The van der Waals surface area contributed by atoms with Gasteiger partial charge in [0.2, 0.25) is 5.91 Å². The van der Waals surface area contributed by atoms with Gasteiger partial charge in [0, 0.05) is 25.6 Å². The van der Waals surface area contributed by atoms with Crippen LogP contribution in [0, 0.1) is 5.92 Å². The maximum Gasteiger partial charge on any atom is 0.225 e. The van der Waals surface area contributed by atoms with Crippen molar-refractivity contribution in [1.29, 1.82) is 0 Å². The Morgan fingerprint density at radius 3 is 2.89 bits per heavy atom. The Bertz CT molecular complexity index is 340. The number of hydrogen-bond acceptors (Lipinski definition) is 4. The molecule has 0 saturated carbocycles. The van der Waals surface area contributed by atoms with E-state index in [0.717, 1.165) is 45.3 Å². The molecule has 2 saturated heterocycles. The van der Waals surface area contributed by atoms with Gasteiger partial charge in [-0.25, -0.2) is 0 Å². The minimum absolute atomic E-state index is 0.0185. The molecule has 2 fully saturated rings. The summed E-state index contributed by atoms with van der Waals surface area (Å²) in [5.41, 5.74) is 5.63. The van der Waals surface area contributed by atoms with Gasteiger partial charge in [-0.2, -0.15) is 0 Å². The van der Waals surface area contributed by atoms with E-state index in [1.807, 2.05) is 4.90 Å². The quantitative estimate of drug-likeness (QED) is 0.345. The fourth-order valence-corrected chi connectivity index (χ4v) is 2.82. The normalized spacial score (nSPS) is 29.3. The minimum atomic E-state index is -0.0185. The van der Waals surface area contributed by atoms with E-state index in [2.05, 4.69) is 5.16 Å². The molecule has 0 aromatic rings. The molecular weight excluding hydrogens is 246 g/mol. The number of rotatable bonds is 3. The van der Waals surface area contributed by atoms with Crippen LogP contribution < -0.4 is 5.73 Å². The van der Waals surface area contributed by atoms with Crippen LogP contribution in [-0.2, 0) is 9.53 Å². The zero-order chi connectivity index (χ0) is 13.7. The van der Waals surface area contributed by atoms with Crippen molar-refractivity contribution in [1.82, 2.24) is 4.90 Å². The average Bonchev–Trinajstić information content (AvgIpc) is 2.47. The molecule has 1 amide bonds. The van der Waals surface area contributed by atoms with Crippen molar-refractivity contribution in [2.24, 2.45) is 16.8 Å². The zero-order valence-electron chi connectivity index (χ0n) is 11.3. The van der Waals surface area contributed by atoms with Crippen molar-refractivity contribution < 1.29 is 14.7 Å². The molecule has 2 unspecified atom stereocenters. The van der Waals surface area contributed by atoms with Crippen LogP contribution in [0.1, 0.15) is 38.5 Å². The van der Waals surface area contributed by atoms with Gasteiger partial charge in [0.05, 0.1) is 12.5 Å². The molecule has 0 radical (unpaired) electrons. The average molecular weight is 269 g/mol. The Labute approximate surface area is 113 Å². The number of piperidine rings is 1. The second-order valence-corrected chi connectivity index (χ2v) is 5.40. The van der Waals surface area contributed by atoms with E-state index in [4.69, 9.17) is 15.7 Å². The van der Waals surface area contributed by atoms with E-state index in [1.54, 1.807) is 0 Å². The third-order valence-corrected chi connectivity index (χ3v) is 3.98. The number of amidine groups is 1. The minimum Gasteiger partial charge on any atom is -0.409 e. The first kappa shape index (κ1) is 14.1. The number of carbonyl (C=O) groups is 1. The topological polar surface area (TPSA) is 88.2 Å². The summed E-state index contributed by atoms with van der Waals surface area (Å²) < 4.78 is 5.60. The Balaban J connectivity index is 1.84. The van der Waals surface area contributed by atoms with Crippen molar-refractivity contribution >= 4 is 11.7 Å². The van der Waals surface area contributed by atoms with Crippen LogP contribution in [0.25, 0.3) is 0 Å². The van der Waals surface area contributed by atoms with Crippen LogP contribution in [0.5, 0.6) is 0 Å². The third-order valence-electron chi connectivity index (χ3n) is 3.98. The van der Waals surface area contributed by atoms with Gasteiger partial charge < -0.3 is 20.6 Å². The summed E-state index contributed by atoms with van der Waals surface area (Å²) >= 11 is 0. The summed E-state index contributed by atoms with van der Waals surface area (Å²) in [5, 5.41) is 11.8. The molecule has 6 nitrogen and oxygen atoms in total. The molecule has 2 heterocycles. The lowest BCUT2D eigenvalue weighted by Crippen LogP contribution is -2.45. The second kappa shape index (κ2) is 6.75. The highest BCUT2D eigenvalue weighted by molar-refractivity contribution is 5.84. The summed E-state index contributed by atoms with van der Waals surface area (Å²) in [4.78, 5) is 14.0. The molecule has 108 valence electrons. The van der Waals surface area contributed by atoms with Gasteiger partial charge in [-0.3, -0.25) is 4.79 Å². The number of carbonyl (C=O) groups excluding carboxylic acids is 1. The summed E-state index contributed by atoms with van der Waals surface area (Å²) in [6.07, 6.45) is 5.53. The first-order valence-electron chi connectivity index (χ1n) is 7.07. The van der Waals surface area contributed by atoms with E-state index in [0.29, 0.717) is 13.0 Å². The summed E-state index contributed by atoms with van der Waals surface area (Å²) in [6, 6.07) is 0. The number of ether oxygens (including phenoxy) is 1. The Hall–Kier alpha value is -1.30. The van der Waals surface area contributed by atoms with Gasteiger partial charge in [0.25, 0.3) is 0 Å². The Kier molecular flexibility index (Phi) is 5.01. The van der Waals surface area contributed by atoms with Crippen molar-refractivity contribution in [2.45, 2.75) is 44.6 Å². The molecule has 3 N–H and O–H groups in total. The molecule has 0 aromatic carbocycles. The van der Waals surface area contributed by atoms with Crippen molar-refractivity contribution in [3.05, 3.63) is 0 Å². The van der Waals surface area contributed by atoms with E-state index < -0.39 is 0 Å². The number of hydrogen-bond donors (Lipinski definition) is 2. The van der Waals surface area contributed by atoms with Crippen LogP contribution in [0.2, 0.25) is 0 Å². The predicted molar refractivity (Wildman–Crippen MR) is 70.9 cm³/mol. The van der Waals surface area contributed by atoms with Gasteiger partial charge in [-0.1, -0.05) is 5.16 Å². The maximum absolute atomic E-state index is 12.2. The molecule has 0 spiro atoms. The SMILES string of the molecule is NC(=NO)C1CCCN(C(=O)CC2CCCCO2)C1. The molecule has 0 aliphatic carbocycles. The predicted octanol–water partition coefficient (Wildman–Crippen LogP) is 0.931. The Morgan fingerprint density at radius 1 is 1.37 bits per heavy atom. The van der Waals surface area contributed by atoms with E-state index in [1.165, 1.54) is 0 Å². The van der Waals surface area contributed by atoms with Crippen molar-refractivity contribution in [3.8, 4) is 0 Å². The molecular formula is C13H23N3O3. The summed E-state index contributed by atoms with van der Waals surface area (Å²) in [5.74, 6) is 0.337. The van der Waals surface area contributed by atoms with Gasteiger partial charge >= 0.3 is 0 Å². The van der Waals surface area contributed by atoms with Gasteiger partial charge in [0.15, 0.2) is 0 Å². The largest absolute Gasteiger partial charge is 0.409 e. The van der Waals surface area contributed by atoms with Crippen LogP contribution in [0.4, 0.5) is 0 Å². The molecule has 19 heavy (non-hydrogen) atoms. The lowest BCUT2D eigenvalue weighted by atomic mass is 9.96. The van der Waals surface area contributed by atoms with Crippen LogP contribution in [-0.4, -0.2) is 47.7 Å². The van der Waals surface area contributed by atoms with Crippen molar-refractivity contribution in [3.63, 3.8) is 0 Å². The fraction of sp³-hybridized carbons (Fsp3) is 0.846. The fourth-order valence-electron chi connectivity index (χ4n) is 2.82. The van der Waals surface area contributed by atoms with E-state index in [-0.39, 0.29) is 23.8 Å². The number of nitrogens with zero attached hydrogens (tertiary/aromatic N) is 2. The lowest BCUT2D eigenvalue weighted by molar-refractivity contribution is -0.136. The molecule has 0 bridgehead atoms. The number of oxime groups is 1. The highest BCUT2D eigenvalue weighted by Crippen LogP contribution is 2.20. The highest BCUT2D eigenvalue weighted by Gasteiger charge is 2.28. The molecule has 6 heteroatoms. The smallest absolute Gasteiger partial charge is 0.225 e. The Morgan fingerprint density at radius 2 is 2.21 bits per heavy atom. The monoisotopic (exact) mass is 269 g/mol. The van der Waals surface area contributed by atoms with Crippen LogP contribution in [0.15, 0.2) is 5.16 Å². The third kappa shape index (κ3) is 3.83. The lowest BCUT2D eigenvalue weighted by Gasteiger charge is -2.33. The summed E-state index contributed by atoms with van der Waals surface area (Å²) in [6.45, 7) is 2.09. The molecule has 2 aliphatic rings.